The lowest BCUT2D eigenvalue weighted by Crippen LogP contribution is -2.19. The highest BCUT2D eigenvalue weighted by molar-refractivity contribution is 7.26. The number of aromatic nitrogens is 3. The van der Waals surface area contributed by atoms with Crippen LogP contribution < -0.4 is 4.90 Å². The van der Waals surface area contributed by atoms with Crippen LogP contribution in [0.3, 0.4) is 0 Å². The largest absolute Gasteiger partial charge is 0.278 e. The van der Waals surface area contributed by atoms with Gasteiger partial charge in [-0.1, -0.05) is 133 Å². The molecule has 0 spiro atoms. The van der Waals surface area contributed by atoms with E-state index in [1.54, 1.807) is 11.3 Å². The molecular formula is C45H26N4S. The monoisotopic (exact) mass is 654 g/mol. The first kappa shape index (κ1) is 27.5. The van der Waals surface area contributed by atoms with E-state index in [0.717, 1.165) is 33.3 Å². The predicted octanol–water partition coefficient (Wildman–Crippen LogP) is 12.5. The third-order valence-corrected chi connectivity index (χ3v) is 11.3. The Balaban J connectivity index is 1.26. The van der Waals surface area contributed by atoms with E-state index in [1.165, 1.54) is 52.8 Å². The minimum Gasteiger partial charge on any atom is -0.278 e. The molecule has 0 bridgehead atoms. The Hall–Kier alpha value is -6.43. The number of hydrogen-bond acceptors (Lipinski definition) is 5. The molecular weight excluding hydrogens is 629 g/mol. The minimum atomic E-state index is 0.592. The van der Waals surface area contributed by atoms with Crippen LogP contribution in [0.15, 0.2) is 158 Å². The van der Waals surface area contributed by atoms with Crippen LogP contribution in [0, 0.1) is 0 Å². The lowest BCUT2D eigenvalue weighted by Gasteiger charge is -2.33. The highest BCUT2D eigenvalue weighted by Crippen LogP contribution is 2.52. The second-order valence-corrected chi connectivity index (χ2v) is 13.8. The molecule has 10 aromatic rings. The van der Waals surface area contributed by atoms with Crippen molar-refractivity contribution < 1.29 is 0 Å². The topological polar surface area (TPSA) is 41.9 Å². The van der Waals surface area contributed by atoms with Crippen molar-refractivity contribution in [3.8, 4) is 33.9 Å². The van der Waals surface area contributed by atoms with Crippen molar-refractivity contribution in [2.45, 2.75) is 0 Å². The Morgan fingerprint density at radius 2 is 1.00 bits per heavy atom. The summed E-state index contributed by atoms with van der Waals surface area (Å²) in [7, 11) is 0. The molecule has 8 aromatic carbocycles. The Kier molecular flexibility index (Phi) is 5.80. The number of fused-ring (bicyclic) bond motifs is 8. The molecule has 3 heterocycles. The molecule has 0 saturated carbocycles. The summed E-state index contributed by atoms with van der Waals surface area (Å²) in [5, 5.41) is 9.50. The van der Waals surface area contributed by atoms with Gasteiger partial charge in [0.05, 0.1) is 11.4 Å². The minimum absolute atomic E-state index is 0.592. The van der Waals surface area contributed by atoms with Gasteiger partial charge in [0.2, 0.25) is 5.95 Å². The molecule has 0 atom stereocenters. The van der Waals surface area contributed by atoms with E-state index >= 15 is 0 Å². The van der Waals surface area contributed by atoms with Gasteiger partial charge < -0.3 is 0 Å². The molecule has 50 heavy (non-hydrogen) atoms. The standard InChI is InChI=1S/C45H26N4S/c1-3-16-30-27(11-1)13-7-20-34(30)43-46-44(36-22-10-19-33-32-18-5-6-24-39(32)50-42(33)36)48-45(47-43)49-37-23-9-15-29-14-8-21-35(40(29)37)41-31-17-4-2-12-28(31)25-26-38(41)49/h1-26H. The van der Waals surface area contributed by atoms with Crippen LogP contribution in [0.25, 0.3) is 86.4 Å². The van der Waals surface area contributed by atoms with Crippen molar-refractivity contribution in [2.24, 2.45) is 0 Å². The maximum Gasteiger partial charge on any atom is 0.238 e. The summed E-state index contributed by atoms with van der Waals surface area (Å²) >= 11 is 1.79. The Morgan fingerprint density at radius 3 is 1.86 bits per heavy atom. The van der Waals surface area contributed by atoms with Crippen LogP contribution in [0.4, 0.5) is 17.3 Å². The van der Waals surface area contributed by atoms with Crippen LogP contribution in [-0.2, 0) is 0 Å². The van der Waals surface area contributed by atoms with Crippen LogP contribution in [0.5, 0.6) is 0 Å². The molecule has 4 nitrogen and oxygen atoms in total. The molecule has 0 aliphatic carbocycles. The molecule has 232 valence electrons. The summed E-state index contributed by atoms with van der Waals surface area (Å²) in [6.45, 7) is 0. The molecule has 1 aliphatic heterocycles. The van der Waals surface area contributed by atoms with E-state index in [4.69, 9.17) is 15.0 Å². The maximum absolute atomic E-state index is 5.40. The van der Waals surface area contributed by atoms with Gasteiger partial charge in [0.15, 0.2) is 11.6 Å². The lowest BCUT2D eigenvalue weighted by molar-refractivity contribution is 1.03. The maximum atomic E-state index is 5.40. The third kappa shape index (κ3) is 3.95. The Bertz CT molecular complexity index is 3010. The zero-order chi connectivity index (χ0) is 32.8. The first-order valence-electron chi connectivity index (χ1n) is 16.8. The van der Waals surface area contributed by atoms with Crippen molar-refractivity contribution in [1.82, 2.24) is 15.0 Å². The van der Waals surface area contributed by atoms with Crippen molar-refractivity contribution in [1.29, 1.82) is 0 Å². The normalized spacial score (nSPS) is 12.4. The number of anilines is 3. The van der Waals surface area contributed by atoms with Crippen LogP contribution in [0.1, 0.15) is 0 Å². The second kappa shape index (κ2) is 10.5. The van der Waals surface area contributed by atoms with E-state index < -0.39 is 0 Å². The highest BCUT2D eigenvalue weighted by atomic mass is 32.1. The van der Waals surface area contributed by atoms with Crippen LogP contribution in [-0.4, -0.2) is 15.0 Å². The van der Waals surface area contributed by atoms with E-state index in [1.807, 2.05) is 0 Å². The molecule has 2 aromatic heterocycles. The van der Waals surface area contributed by atoms with Crippen molar-refractivity contribution in [2.75, 3.05) is 4.90 Å². The van der Waals surface area contributed by atoms with Gasteiger partial charge in [-0.25, -0.2) is 4.98 Å². The number of hydrogen-bond donors (Lipinski definition) is 0. The fourth-order valence-corrected chi connectivity index (χ4v) is 9.05. The fourth-order valence-electron chi connectivity index (χ4n) is 7.84. The summed E-state index contributed by atoms with van der Waals surface area (Å²) < 4.78 is 2.42. The van der Waals surface area contributed by atoms with Gasteiger partial charge in [-0.2, -0.15) is 9.97 Å². The Morgan fingerprint density at radius 1 is 0.400 bits per heavy atom. The average Bonchev–Trinajstić information content (AvgIpc) is 3.56. The molecule has 0 radical (unpaired) electrons. The Labute approximate surface area is 291 Å². The SMILES string of the molecule is c1ccc2c(-c3nc(-c4cccc5c4sc4ccccc45)nc(N4c5ccc6ccccc6c5-c5cccc6cccc4c56)n3)cccc2c1. The molecule has 0 fully saturated rings. The van der Waals surface area contributed by atoms with Gasteiger partial charge in [0.25, 0.3) is 0 Å². The summed E-state index contributed by atoms with van der Waals surface area (Å²) in [6.07, 6.45) is 0. The quantitative estimate of drug-likeness (QED) is 0.190. The predicted molar refractivity (Wildman–Crippen MR) is 210 cm³/mol. The molecule has 0 amide bonds. The van der Waals surface area contributed by atoms with E-state index in [-0.39, 0.29) is 0 Å². The van der Waals surface area contributed by atoms with Crippen LogP contribution >= 0.6 is 11.3 Å². The average molecular weight is 655 g/mol. The number of benzene rings is 8. The molecule has 5 heteroatoms. The van der Waals surface area contributed by atoms with Gasteiger partial charge in [0, 0.05) is 42.2 Å². The molecule has 0 unspecified atom stereocenters. The summed E-state index contributed by atoms with van der Waals surface area (Å²) in [4.78, 5) is 18.3. The van der Waals surface area contributed by atoms with Crippen molar-refractivity contribution in [3.05, 3.63) is 158 Å². The third-order valence-electron chi connectivity index (χ3n) is 10.0. The molecule has 0 N–H and O–H groups in total. The van der Waals surface area contributed by atoms with Gasteiger partial charge in [-0.05, 0) is 56.8 Å². The second-order valence-electron chi connectivity index (χ2n) is 12.8. The van der Waals surface area contributed by atoms with E-state index in [2.05, 4.69) is 163 Å². The first-order chi connectivity index (χ1) is 24.8. The summed E-state index contributed by atoms with van der Waals surface area (Å²) in [5.74, 6) is 1.89. The smallest absolute Gasteiger partial charge is 0.238 e. The lowest BCUT2D eigenvalue weighted by atomic mass is 9.88. The number of rotatable bonds is 3. The highest BCUT2D eigenvalue weighted by Gasteiger charge is 2.30. The summed E-state index contributed by atoms with van der Waals surface area (Å²) in [6, 6.07) is 56.1. The molecule has 0 saturated heterocycles. The van der Waals surface area contributed by atoms with E-state index in [9.17, 15) is 0 Å². The zero-order valence-corrected chi connectivity index (χ0v) is 27.5. The zero-order valence-electron chi connectivity index (χ0n) is 26.7. The summed E-state index contributed by atoms with van der Waals surface area (Å²) in [5.41, 5.74) is 6.50. The number of thiophene rings is 1. The fraction of sp³-hybridized carbons (Fsp3) is 0. The van der Waals surface area contributed by atoms with Crippen LogP contribution in [0.2, 0.25) is 0 Å². The van der Waals surface area contributed by atoms with Gasteiger partial charge in [-0.15, -0.1) is 11.3 Å². The van der Waals surface area contributed by atoms with Gasteiger partial charge in [-0.3, -0.25) is 4.90 Å². The first-order valence-corrected chi connectivity index (χ1v) is 17.6. The van der Waals surface area contributed by atoms with Crippen molar-refractivity contribution in [3.63, 3.8) is 0 Å². The molecule has 11 rings (SSSR count). The molecule has 1 aliphatic rings. The van der Waals surface area contributed by atoms with Crippen molar-refractivity contribution >= 4 is 81.1 Å². The number of nitrogens with zero attached hydrogens (tertiary/aromatic N) is 4. The van der Waals surface area contributed by atoms with E-state index in [0.29, 0.717) is 17.6 Å². The van der Waals surface area contributed by atoms with Gasteiger partial charge in [0.1, 0.15) is 0 Å². The van der Waals surface area contributed by atoms with Gasteiger partial charge >= 0.3 is 0 Å².